The van der Waals surface area contributed by atoms with Crippen molar-refractivity contribution in [3.05, 3.63) is 114 Å². The van der Waals surface area contributed by atoms with Crippen LogP contribution in [-0.4, -0.2) is 24.3 Å². The Morgan fingerprint density at radius 2 is 1.49 bits per heavy atom. The first kappa shape index (κ1) is 21.9. The molecule has 0 aromatic heterocycles. The molecule has 0 fully saturated rings. The molecule has 172 valence electrons. The fourth-order valence-corrected chi connectivity index (χ4v) is 3.82. The lowest BCUT2D eigenvalue weighted by atomic mass is 10.1. The fraction of sp³-hybridized carbons (Fsp3) is 0.0357. The highest BCUT2D eigenvalue weighted by atomic mass is 16.5. The van der Waals surface area contributed by atoms with Crippen molar-refractivity contribution in [1.29, 1.82) is 0 Å². The summed E-state index contributed by atoms with van der Waals surface area (Å²) in [6.07, 6.45) is 0. The van der Waals surface area contributed by atoms with Gasteiger partial charge in [-0.3, -0.25) is 19.3 Å². The van der Waals surface area contributed by atoms with Gasteiger partial charge >= 0.3 is 0 Å². The van der Waals surface area contributed by atoms with Crippen LogP contribution in [0.25, 0.3) is 0 Å². The van der Waals surface area contributed by atoms with Crippen LogP contribution < -0.4 is 20.3 Å². The molecular weight excluding hydrogens is 442 g/mol. The number of benzene rings is 4. The molecule has 0 atom stereocenters. The van der Waals surface area contributed by atoms with Gasteiger partial charge in [0.15, 0.2) is 0 Å². The number of hydrogen-bond acceptors (Lipinski definition) is 4. The van der Waals surface area contributed by atoms with Crippen LogP contribution in [0, 0.1) is 0 Å². The maximum Gasteiger partial charge on any atom is 0.259 e. The Labute approximate surface area is 202 Å². The molecule has 1 aliphatic rings. The van der Waals surface area contributed by atoms with E-state index < -0.39 is 0 Å². The van der Waals surface area contributed by atoms with E-state index >= 15 is 0 Å². The summed E-state index contributed by atoms with van der Waals surface area (Å²) in [5.41, 5.74) is 2.55. The maximum absolute atomic E-state index is 13.1. The quantitative estimate of drug-likeness (QED) is 0.419. The van der Waals surface area contributed by atoms with Gasteiger partial charge in [-0.25, -0.2) is 0 Å². The zero-order valence-electron chi connectivity index (χ0n) is 18.6. The number of hydrogen-bond donors (Lipinski definition) is 2. The number of carbonyl (C=O) groups is 3. The van der Waals surface area contributed by atoms with E-state index in [0.29, 0.717) is 39.7 Å². The number of para-hydroxylation sites is 4. The van der Waals surface area contributed by atoms with Crippen molar-refractivity contribution >= 4 is 34.8 Å². The van der Waals surface area contributed by atoms with Crippen LogP contribution in [0.2, 0.25) is 0 Å². The highest BCUT2D eigenvalue weighted by Crippen LogP contribution is 2.30. The Morgan fingerprint density at radius 3 is 2.29 bits per heavy atom. The van der Waals surface area contributed by atoms with Crippen LogP contribution in [-0.2, 0) is 4.79 Å². The summed E-state index contributed by atoms with van der Waals surface area (Å²) in [5.74, 6) is 0.176. The summed E-state index contributed by atoms with van der Waals surface area (Å²) in [6, 6.07) is 29.9. The zero-order chi connectivity index (χ0) is 24.2. The molecule has 0 bridgehead atoms. The molecule has 4 aromatic carbocycles. The van der Waals surface area contributed by atoms with Gasteiger partial charge in [-0.1, -0.05) is 42.5 Å². The first-order chi connectivity index (χ1) is 17.1. The van der Waals surface area contributed by atoms with E-state index in [1.54, 1.807) is 66.7 Å². The molecule has 0 radical (unpaired) electrons. The molecule has 0 saturated heterocycles. The molecule has 3 amide bonds. The van der Waals surface area contributed by atoms with Crippen molar-refractivity contribution in [2.45, 2.75) is 0 Å². The first-order valence-corrected chi connectivity index (χ1v) is 11.0. The summed E-state index contributed by atoms with van der Waals surface area (Å²) in [6.45, 7) is -0.0630. The Bertz CT molecular complexity index is 1400. The summed E-state index contributed by atoms with van der Waals surface area (Å²) < 4.78 is 5.88. The fourth-order valence-electron chi connectivity index (χ4n) is 3.82. The normalized spacial score (nSPS) is 12.3. The van der Waals surface area contributed by atoms with Crippen molar-refractivity contribution in [2.75, 3.05) is 22.1 Å². The van der Waals surface area contributed by atoms with Crippen LogP contribution in [0.4, 0.5) is 17.1 Å². The number of fused-ring (bicyclic) bond motifs is 1. The summed E-state index contributed by atoms with van der Waals surface area (Å²) >= 11 is 0. The van der Waals surface area contributed by atoms with Crippen molar-refractivity contribution in [3.63, 3.8) is 0 Å². The van der Waals surface area contributed by atoms with E-state index in [9.17, 15) is 14.4 Å². The summed E-state index contributed by atoms with van der Waals surface area (Å²) in [4.78, 5) is 39.6. The summed E-state index contributed by atoms with van der Waals surface area (Å²) in [5, 5.41) is 5.62. The van der Waals surface area contributed by atoms with Gasteiger partial charge in [-0.05, 0) is 60.7 Å². The standard InChI is InChI=1S/C28H21N3O4/c32-26-18-31(24-12-6-5-11-23(24)30-26)28(34)19-14-16-20(17-15-19)29-27(33)22-10-4-7-13-25(22)35-21-8-2-1-3-9-21/h1-17H,18H2,(H,29,33)(H,30,32). The second kappa shape index (κ2) is 9.52. The van der Waals surface area contributed by atoms with E-state index in [1.807, 2.05) is 36.4 Å². The number of rotatable bonds is 5. The Balaban J connectivity index is 1.31. The van der Waals surface area contributed by atoms with E-state index in [0.717, 1.165) is 0 Å². The molecule has 1 aliphatic heterocycles. The monoisotopic (exact) mass is 463 g/mol. The van der Waals surface area contributed by atoms with Gasteiger partial charge in [0, 0.05) is 11.3 Å². The lowest BCUT2D eigenvalue weighted by molar-refractivity contribution is -0.115. The van der Waals surface area contributed by atoms with Gasteiger partial charge in [0.25, 0.3) is 11.8 Å². The van der Waals surface area contributed by atoms with Crippen LogP contribution in [0.1, 0.15) is 20.7 Å². The number of amides is 3. The zero-order valence-corrected chi connectivity index (χ0v) is 18.6. The minimum absolute atomic E-state index is 0.0630. The molecule has 7 nitrogen and oxygen atoms in total. The second-order valence-electron chi connectivity index (χ2n) is 7.90. The lowest BCUT2D eigenvalue weighted by Gasteiger charge is -2.29. The van der Waals surface area contributed by atoms with Gasteiger partial charge in [0.05, 0.1) is 16.9 Å². The molecule has 0 aliphatic carbocycles. The molecule has 0 saturated carbocycles. The average Bonchev–Trinajstić information content (AvgIpc) is 2.89. The van der Waals surface area contributed by atoms with Crippen LogP contribution in [0.3, 0.4) is 0 Å². The predicted molar refractivity (Wildman–Crippen MR) is 134 cm³/mol. The third kappa shape index (κ3) is 4.74. The van der Waals surface area contributed by atoms with Crippen molar-refractivity contribution in [1.82, 2.24) is 0 Å². The number of ether oxygens (including phenoxy) is 1. The van der Waals surface area contributed by atoms with Crippen LogP contribution >= 0.6 is 0 Å². The number of nitrogens with one attached hydrogen (secondary N) is 2. The largest absolute Gasteiger partial charge is 0.457 e. The smallest absolute Gasteiger partial charge is 0.259 e. The Kier molecular flexibility index (Phi) is 5.96. The van der Waals surface area contributed by atoms with E-state index in [2.05, 4.69) is 10.6 Å². The van der Waals surface area contributed by atoms with Gasteiger partial charge in [0.2, 0.25) is 5.91 Å². The lowest BCUT2D eigenvalue weighted by Crippen LogP contribution is -2.42. The SMILES string of the molecule is O=C1CN(C(=O)c2ccc(NC(=O)c3ccccc3Oc3ccccc3)cc2)c2ccccc2N1. The van der Waals surface area contributed by atoms with E-state index in [-0.39, 0.29) is 24.3 Å². The van der Waals surface area contributed by atoms with E-state index in [4.69, 9.17) is 4.74 Å². The third-order valence-electron chi connectivity index (χ3n) is 5.51. The van der Waals surface area contributed by atoms with Gasteiger partial charge < -0.3 is 15.4 Å². The van der Waals surface area contributed by atoms with Crippen molar-refractivity contribution in [2.24, 2.45) is 0 Å². The molecule has 35 heavy (non-hydrogen) atoms. The van der Waals surface area contributed by atoms with Crippen LogP contribution in [0.15, 0.2) is 103 Å². The number of carbonyl (C=O) groups excluding carboxylic acids is 3. The number of nitrogens with zero attached hydrogens (tertiary/aromatic N) is 1. The van der Waals surface area contributed by atoms with Crippen molar-refractivity contribution < 1.29 is 19.1 Å². The maximum atomic E-state index is 13.1. The Morgan fingerprint density at radius 1 is 0.800 bits per heavy atom. The van der Waals surface area contributed by atoms with Crippen molar-refractivity contribution in [3.8, 4) is 11.5 Å². The minimum Gasteiger partial charge on any atom is -0.457 e. The molecule has 4 aromatic rings. The average molecular weight is 463 g/mol. The van der Waals surface area contributed by atoms with E-state index in [1.165, 1.54) is 4.90 Å². The van der Waals surface area contributed by atoms with Crippen LogP contribution in [0.5, 0.6) is 11.5 Å². The molecule has 0 spiro atoms. The Hall–Kier alpha value is -4.91. The highest BCUT2D eigenvalue weighted by Gasteiger charge is 2.27. The highest BCUT2D eigenvalue weighted by molar-refractivity contribution is 6.15. The molecular formula is C28H21N3O4. The summed E-state index contributed by atoms with van der Waals surface area (Å²) in [7, 11) is 0. The topological polar surface area (TPSA) is 87.7 Å². The first-order valence-electron chi connectivity index (χ1n) is 11.0. The predicted octanol–water partition coefficient (Wildman–Crippen LogP) is 5.33. The molecule has 1 heterocycles. The minimum atomic E-state index is -0.336. The van der Waals surface area contributed by atoms with Gasteiger partial charge in [0.1, 0.15) is 18.0 Å². The molecule has 5 rings (SSSR count). The third-order valence-corrected chi connectivity index (χ3v) is 5.51. The van der Waals surface area contributed by atoms with Gasteiger partial charge in [-0.2, -0.15) is 0 Å². The second-order valence-corrected chi connectivity index (χ2v) is 7.90. The molecule has 2 N–H and O–H groups in total. The van der Waals surface area contributed by atoms with Gasteiger partial charge in [-0.15, -0.1) is 0 Å². The molecule has 0 unspecified atom stereocenters. The number of anilines is 3. The molecule has 7 heteroatoms.